The maximum absolute atomic E-state index is 13.3. The van der Waals surface area contributed by atoms with Gasteiger partial charge in [-0.15, -0.1) is 0 Å². The summed E-state index contributed by atoms with van der Waals surface area (Å²) in [6, 6.07) is 8.54. The van der Waals surface area contributed by atoms with Crippen molar-refractivity contribution in [3.8, 4) is 6.07 Å². The molecule has 0 radical (unpaired) electrons. The number of halogens is 2. The molecule has 0 spiro atoms. The van der Waals surface area contributed by atoms with Crippen LogP contribution in [0.25, 0.3) is 0 Å². The maximum Gasteiger partial charge on any atom is 0.265 e. The molecule has 0 unspecified atom stereocenters. The number of carbonyl (C=O) groups excluding carboxylic acids is 1. The quantitative estimate of drug-likeness (QED) is 0.824. The van der Waals surface area contributed by atoms with Crippen LogP contribution in [0.1, 0.15) is 28.8 Å². The van der Waals surface area contributed by atoms with Gasteiger partial charge in [0, 0.05) is 18.5 Å². The molecule has 0 N–H and O–H groups in total. The van der Waals surface area contributed by atoms with Crippen LogP contribution in [0.3, 0.4) is 0 Å². The smallest absolute Gasteiger partial charge is 0.265 e. The van der Waals surface area contributed by atoms with E-state index in [0.717, 1.165) is 5.56 Å². The zero-order valence-corrected chi connectivity index (χ0v) is 10.4. The van der Waals surface area contributed by atoms with E-state index in [1.165, 1.54) is 4.90 Å². The van der Waals surface area contributed by atoms with E-state index in [-0.39, 0.29) is 18.7 Å². The summed E-state index contributed by atoms with van der Waals surface area (Å²) in [7, 11) is 0. The number of likely N-dealkylation sites (tertiary alicyclic amines) is 1. The molecule has 19 heavy (non-hydrogen) atoms. The van der Waals surface area contributed by atoms with Gasteiger partial charge in [0.2, 0.25) is 0 Å². The van der Waals surface area contributed by atoms with Crippen LogP contribution in [0.4, 0.5) is 8.78 Å². The van der Waals surface area contributed by atoms with Gasteiger partial charge >= 0.3 is 0 Å². The average molecular weight is 264 g/mol. The Bertz CT molecular complexity index is 505. The number of nitriles is 1. The molecule has 1 aliphatic rings. The number of piperidine rings is 1. The first-order chi connectivity index (χ1) is 9.02. The number of hydrogen-bond donors (Lipinski definition) is 0. The molecule has 1 fully saturated rings. The van der Waals surface area contributed by atoms with Crippen molar-refractivity contribution in [1.29, 1.82) is 5.26 Å². The number of alkyl halides is 2. The van der Waals surface area contributed by atoms with E-state index in [2.05, 4.69) is 0 Å². The Labute approximate surface area is 110 Å². The van der Waals surface area contributed by atoms with Gasteiger partial charge in [-0.05, 0) is 24.1 Å². The molecule has 1 amide bonds. The summed E-state index contributed by atoms with van der Waals surface area (Å²) in [5.41, 5.74) is 1.20. The van der Waals surface area contributed by atoms with Crippen molar-refractivity contribution < 1.29 is 13.6 Å². The third-order valence-electron chi connectivity index (χ3n) is 3.16. The number of hydrogen-bond acceptors (Lipinski definition) is 2. The van der Waals surface area contributed by atoms with E-state index < -0.39 is 12.5 Å². The Hall–Kier alpha value is -1.96. The predicted octanol–water partition coefficient (Wildman–Crippen LogP) is 2.62. The van der Waals surface area contributed by atoms with Crippen molar-refractivity contribution in [2.75, 3.05) is 13.1 Å². The minimum atomic E-state index is -2.78. The highest BCUT2D eigenvalue weighted by Gasteiger charge is 2.37. The molecule has 3 nitrogen and oxygen atoms in total. The van der Waals surface area contributed by atoms with Crippen molar-refractivity contribution in [3.63, 3.8) is 0 Å². The lowest BCUT2D eigenvalue weighted by molar-refractivity contribution is -0.0560. The van der Waals surface area contributed by atoms with Gasteiger partial charge < -0.3 is 4.90 Å². The number of rotatable bonds is 2. The van der Waals surface area contributed by atoms with Crippen molar-refractivity contribution in [1.82, 2.24) is 4.90 Å². The fourth-order valence-corrected chi connectivity index (χ4v) is 2.18. The lowest BCUT2D eigenvalue weighted by Crippen LogP contribution is -2.45. The predicted molar refractivity (Wildman–Crippen MR) is 65.8 cm³/mol. The highest BCUT2D eigenvalue weighted by Crippen LogP contribution is 2.27. The summed E-state index contributed by atoms with van der Waals surface area (Å²) in [6.45, 7) is -0.139. The lowest BCUT2D eigenvalue weighted by Gasteiger charge is -2.32. The molecule has 1 aliphatic heterocycles. The van der Waals surface area contributed by atoms with Crippen LogP contribution in [-0.4, -0.2) is 29.8 Å². The Morgan fingerprint density at radius 2 is 2.05 bits per heavy atom. The zero-order valence-electron chi connectivity index (χ0n) is 10.4. The number of nitrogens with zero attached hydrogens (tertiary/aromatic N) is 2. The third-order valence-corrected chi connectivity index (χ3v) is 3.16. The normalized spacial score (nSPS) is 17.8. The molecule has 1 saturated heterocycles. The van der Waals surface area contributed by atoms with Gasteiger partial charge in [-0.1, -0.05) is 12.1 Å². The topological polar surface area (TPSA) is 44.1 Å². The first kappa shape index (κ1) is 13.5. The van der Waals surface area contributed by atoms with Gasteiger partial charge in [-0.2, -0.15) is 5.26 Å². The van der Waals surface area contributed by atoms with Crippen LogP contribution in [-0.2, 0) is 6.42 Å². The van der Waals surface area contributed by atoms with Gasteiger partial charge in [0.25, 0.3) is 11.8 Å². The van der Waals surface area contributed by atoms with E-state index in [4.69, 9.17) is 5.26 Å². The fourth-order valence-electron chi connectivity index (χ4n) is 2.18. The molecule has 0 aromatic heterocycles. The number of benzene rings is 1. The molecular weight excluding hydrogens is 250 g/mol. The standard InChI is InChI=1S/C14H14F2N2O/c15-14(16)7-1-9-18(10-14)13(19)12-4-2-11(3-5-12)6-8-17/h2-5H,1,6-7,9-10H2. The van der Waals surface area contributed by atoms with Crippen LogP contribution in [0.5, 0.6) is 0 Å². The first-order valence-corrected chi connectivity index (χ1v) is 6.15. The average Bonchev–Trinajstić information content (AvgIpc) is 2.38. The molecule has 100 valence electrons. The largest absolute Gasteiger partial charge is 0.333 e. The van der Waals surface area contributed by atoms with Crippen LogP contribution >= 0.6 is 0 Å². The van der Waals surface area contributed by atoms with Crippen LogP contribution in [0.2, 0.25) is 0 Å². The summed E-state index contributed by atoms with van der Waals surface area (Å²) in [5.74, 6) is -3.16. The van der Waals surface area contributed by atoms with Gasteiger partial charge in [0.15, 0.2) is 0 Å². The van der Waals surface area contributed by atoms with Crippen molar-refractivity contribution in [2.24, 2.45) is 0 Å². The van der Waals surface area contributed by atoms with Gasteiger partial charge in [-0.25, -0.2) is 8.78 Å². The number of carbonyl (C=O) groups is 1. The zero-order chi connectivity index (χ0) is 13.9. The highest BCUT2D eigenvalue weighted by molar-refractivity contribution is 5.94. The second-order valence-corrected chi connectivity index (χ2v) is 4.72. The van der Waals surface area contributed by atoms with Gasteiger partial charge in [0.1, 0.15) is 0 Å². The van der Waals surface area contributed by atoms with E-state index in [1.807, 2.05) is 6.07 Å². The molecule has 0 saturated carbocycles. The molecule has 0 bridgehead atoms. The monoisotopic (exact) mass is 264 g/mol. The van der Waals surface area contributed by atoms with Crippen LogP contribution < -0.4 is 0 Å². The molecule has 5 heteroatoms. The summed E-state index contributed by atoms with van der Waals surface area (Å²) < 4.78 is 26.5. The molecular formula is C14H14F2N2O. The molecule has 1 aromatic carbocycles. The van der Waals surface area contributed by atoms with Gasteiger partial charge in [-0.3, -0.25) is 4.79 Å². The first-order valence-electron chi connectivity index (χ1n) is 6.15. The van der Waals surface area contributed by atoms with E-state index in [9.17, 15) is 13.6 Å². The SMILES string of the molecule is N#CCc1ccc(C(=O)N2CCCC(F)(F)C2)cc1. The van der Waals surface area contributed by atoms with E-state index >= 15 is 0 Å². The third kappa shape index (κ3) is 3.28. The molecule has 0 aliphatic carbocycles. The molecule has 1 aromatic rings. The Morgan fingerprint density at radius 1 is 1.37 bits per heavy atom. The Balaban J connectivity index is 2.09. The van der Waals surface area contributed by atoms with Crippen LogP contribution in [0.15, 0.2) is 24.3 Å². The Kier molecular flexibility index (Phi) is 3.79. The van der Waals surface area contributed by atoms with E-state index in [0.29, 0.717) is 18.5 Å². The second kappa shape index (κ2) is 5.35. The van der Waals surface area contributed by atoms with Crippen molar-refractivity contribution >= 4 is 5.91 Å². The number of amides is 1. The van der Waals surface area contributed by atoms with Crippen molar-refractivity contribution in [3.05, 3.63) is 35.4 Å². The summed E-state index contributed by atoms with van der Waals surface area (Å²) in [4.78, 5) is 13.3. The summed E-state index contributed by atoms with van der Waals surface area (Å²) in [6.07, 6.45) is 0.444. The molecule has 0 atom stereocenters. The molecule has 2 rings (SSSR count). The Morgan fingerprint density at radius 3 is 2.63 bits per heavy atom. The minimum Gasteiger partial charge on any atom is -0.333 e. The summed E-state index contributed by atoms with van der Waals surface area (Å²) >= 11 is 0. The fraction of sp³-hybridized carbons (Fsp3) is 0.429. The van der Waals surface area contributed by atoms with Crippen LogP contribution in [0, 0.1) is 11.3 Å². The minimum absolute atomic E-state index is 0.155. The lowest BCUT2D eigenvalue weighted by atomic mass is 10.0. The second-order valence-electron chi connectivity index (χ2n) is 4.72. The van der Waals surface area contributed by atoms with E-state index in [1.54, 1.807) is 24.3 Å². The van der Waals surface area contributed by atoms with Gasteiger partial charge in [0.05, 0.1) is 19.0 Å². The maximum atomic E-state index is 13.3. The summed E-state index contributed by atoms with van der Waals surface area (Å²) in [5, 5.41) is 8.55. The highest BCUT2D eigenvalue weighted by atomic mass is 19.3. The molecule has 1 heterocycles. The van der Waals surface area contributed by atoms with Crippen molar-refractivity contribution in [2.45, 2.75) is 25.2 Å².